The predicted octanol–water partition coefficient (Wildman–Crippen LogP) is 1.04. The number of H-pyrrole nitrogens is 1. The van der Waals surface area contributed by atoms with Gasteiger partial charge in [0.2, 0.25) is 5.95 Å². The molecule has 1 aliphatic heterocycles. The SMILES string of the molecule is OC1CCN(c2ncc(-c3ccc[nH]3)cn2)C1. The van der Waals surface area contributed by atoms with Crippen molar-refractivity contribution in [2.24, 2.45) is 0 Å². The molecule has 0 aromatic carbocycles. The molecule has 0 saturated carbocycles. The number of nitrogens with zero attached hydrogens (tertiary/aromatic N) is 3. The van der Waals surface area contributed by atoms with Crippen LogP contribution >= 0.6 is 0 Å². The fraction of sp³-hybridized carbons (Fsp3) is 0.333. The van der Waals surface area contributed by atoms with Gasteiger partial charge in [-0.2, -0.15) is 0 Å². The predicted molar refractivity (Wildman–Crippen MR) is 64.7 cm³/mol. The lowest BCUT2D eigenvalue weighted by Gasteiger charge is -2.14. The van der Waals surface area contributed by atoms with Gasteiger partial charge >= 0.3 is 0 Å². The van der Waals surface area contributed by atoms with Crippen LogP contribution < -0.4 is 4.90 Å². The topological polar surface area (TPSA) is 65.0 Å². The van der Waals surface area contributed by atoms with E-state index in [9.17, 15) is 5.11 Å². The molecule has 17 heavy (non-hydrogen) atoms. The van der Waals surface area contributed by atoms with Crippen LogP contribution in [0, 0.1) is 0 Å². The van der Waals surface area contributed by atoms with Gasteiger partial charge in [-0.1, -0.05) is 0 Å². The Labute approximate surface area is 99.1 Å². The monoisotopic (exact) mass is 230 g/mol. The molecule has 1 saturated heterocycles. The van der Waals surface area contributed by atoms with Gasteiger partial charge in [0.15, 0.2) is 0 Å². The largest absolute Gasteiger partial charge is 0.391 e. The van der Waals surface area contributed by atoms with Crippen LogP contribution in [0.1, 0.15) is 6.42 Å². The van der Waals surface area contributed by atoms with E-state index in [0.717, 1.165) is 24.2 Å². The minimum absolute atomic E-state index is 0.248. The summed E-state index contributed by atoms with van der Waals surface area (Å²) in [5.74, 6) is 0.692. The Kier molecular flexibility index (Phi) is 2.53. The third kappa shape index (κ3) is 2.01. The molecule has 0 bridgehead atoms. The van der Waals surface area contributed by atoms with Crippen LogP contribution in [0.25, 0.3) is 11.3 Å². The Morgan fingerprint density at radius 2 is 2.18 bits per heavy atom. The Bertz CT molecular complexity index is 480. The summed E-state index contributed by atoms with van der Waals surface area (Å²) in [7, 11) is 0. The quantitative estimate of drug-likeness (QED) is 0.809. The number of anilines is 1. The van der Waals surface area contributed by atoms with E-state index in [1.54, 1.807) is 12.4 Å². The van der Waals surface area contributed by atoms with E-state index >= 15 is 0 Å². The number of rotatable bonds is 2. The van der Waals surface area contributed by atoms with Crippen LogP contribution in [0.3, 0.4) is 0 Å². The molecule has 1 aliphatic rings. The van der Waals surface area contributed by atoms with Gasteiger partial charge < -0.3 is 15.0 Å². The van der Waals surface area contributed by atoms with Crippen LogP contribution in [0.15, 0.2) is 30.7 Å². The summed E-state index contributed by atoms with van der Waals surface area (Å²) >= 11 is 0. The van der Waals surface area contributed by atoms with E-state index < -0.39 is 0 Å². The molecule has 3 heterocycles. The van der Waals surface area contributed by atoms with Crippen molar-refractivity contribution in [3.8, 4) is 11.3 Å². The fourth-order valence-electron chi connectivity index (χ4n) is 2.06. The maximum absolute atomic E-state index is 9.46. The number of aliphatic hydroxyl groups is 1. The third-order valence-corrected chi connectivity index (χ3v) is 2.99. The number of nitrogens with one attached hydrogen (secondary N) is 1. The van der Waals surface area contributed by atoms with Crippen LogP contribution in [0.4, 0.5) is 5.95 Å². The number of β-amino-alcohol motifs (C(OH)–C–C–N with tert-alkyl or cyclic N) is 1. The summed E-state index contributed by atoms with van der Waals surface area (Å²) in [4.78, 5) is 13.8. The van der Waals surface area contributed by atoms with Crippen molar-refractivity contribution in [2.45, 2.75) is 12.5 Å². The van der Waals surface area contributed by atoms with Crippen molar-refractivity contribution in [1.29, 1.82) is 0 Å². The summed E-state index contributed by atoms with van der Waals surface area (Å²) in [5, 5.41) is 9.46. The van der Waals surface area contributed by atoms with E-state index in [1.165, 1.54) is 0 Å². The van der Waals surface area contributed by atoms with E-state index in [0.29, 0.717) is 12.5 Å². The Balaban J connectivity index is 1.81. The van der Waals surface area contributed by atoms with Crippen molar-refractivity contribution in [3.05, 3.63) is 30.7 Å². The van der Waals surface area contributed by atoms with Crippen LogP contribution in [0.2, 0.25) is 0 Å². The highest BCUT2D eigenvalue weighted by Gasteiger charge is 2.22. The lowest BCUT2D eigenvalue weighted by molar-refractivity contribution is 0.198. The molecule has 2 aromatic heterocycles. The maximum atomic E-state index is 9.46. The minimum atomic E-state index is -0.248. The van der Waals surface area contributed by atoms with E-state index in [1.807, 2.05) is 23.2 Å². The molecule has 2 aromatic rings. The number of aliphatic hydroxyl groups excluding tert-OH is 1. The molecule has 3 rings (SSSR count). The molecule has 88 valence electrons. The van der Waals surface area contributed by atoms with Gasteiger partial charge in [0.25, 0.3) is 0 Å². The molecule has 0 aliphatic carbocycles. The Hall–Kier alpha value is -1.88. The number of aromatic amines is 1. The summed E-state index contributed by atoms with van der Waals surface area (Å²) in [6, 6.07) is 3.93. The van der Waals surface area contributed by atoms with Gasteiger partial charge in [-0.15, -0.1) is 0 Å². The van der Waals surface area contributed by atoms with Crippen molar-refractivity contribution < 1.29 is 5.11 Å². The second-order valence-electron chi connectivity index (χ2n) is 4.24. The van der Waals surface area contributed by atoms with Gasteiger partial charge in [0.05, 0.1) is 6.10 Å². The summed E-state index contributed by atoms with van der Waals surface area (Å²) in [6.45, 7) is 1.45. The van der Waals surface area contributed by atoms with Gasteiger partial charge in [-0.25, -0.2) is 9.97 Å². The summed E-state index contributed by atoms with van der Waals surface area (Å²) < 4.78 is 0. The summed E-state index contributed by atoms with van der Waals surface area (Å²) in [5.41, 5.74) is 1.98. The molecule has 0 amide bonds. The van der Waals surface area contributed by atoms with Crippen LogP contribution in [-0.2, 0) is 0 Å². The first-order chi connectivity index (χ1) is 8.33. The smallest absolute Gasteiger partial charge is 0.225 e. The molecule has 5 nitrogen and oxygen atoms in total. The number of hydrogen-bond acceptors (Lipinski definition) is 4. The average Bonchev–Trinajstić information content (AvgIpc) is 3.00. The Morgan fingerprint density at radius 3 is 2.76 bits per heavy atom. The Morgan fingerprint density at radius 1 is 1.35 bits per heavy atom. The molecule has 1 fully saturated rings. The standard InChI is InChI=1S/C12H14N4O/c17-10-3-5-16(8-10)12-14-6-9(7-15-12)11-2-1-4-13-11/h1-2,4,6-7,10,13,17H,3,5,8H2. The fourth-order valence-corrected chi connectivity index (χ4v) is 2.06. The highest BCUT2D eigenvalue weighted by molar-refractivity contribution is 5.57. The minimum Gasteiger partial charge on any atom is -0.391 e. The maximum Gasteiger partial charge on any atom is 0.225 e. The lowest BCUT2D eigenvalue weighted by atomic mass is 10.2. The highest BCUT2D eigenvalue weighted by Crippen LogP contribution is 2.19. The molecular formula is C12H14N4O. The average molecular weight is 230 g/mol. The highest BCUT2D eigenvalue weighted by atomic mass is 16.3. The third-order valence-electron chi connectivity index (χ3n) is 2.99. The van der Waals surface area contributed by atoms with Crippen LogP contribution in [0.5, 0.6) is 0 Å². The lowest BCUT2D eigenvalue weighted by Crippen LogP contribution is -2.23. The summed E-state index contributed by atoms with van der Waals surface area (Å²) in [6.07, 6.45) is 6.03. The molecule has 0 radical (unpaired) electrons. The first-order valence-electron chi connectivity index (χ1n) is 5.72. The molecule has 0 spiro atoms. The van der Waals surface area contributed by atoms with Crippen molar-refractivity contribution in [2.75, 3.05) is 18.0 Å². The molecule has 5 heteroatoms. The number of aromatic nitrogens is 3. The molecule has 2 N–H and O–H groups in total. The molecular weight excluding hydrogens is 216 g/mol. The van der Waals surface area contributed by atoms with Gasteiger partial charge in [-0.05, 0) is 18.6 Å². The van der Waals surface area contributed by atoms with Gasteiger partial charge in [0.1, 0.15) is 0 Å². The molecule has 1 unspecified atom stereocenters. The van der Waals surface area contributed by atoms with Crippen molar-refractivity contribution in [3.63, 3.8) is 0 Å². The first-order valence-corrected chi connectivity index (χ1v) is 5.72. The zero-order valence-corrected chi connectivity index (χ0v) is 9.37. The van der Waals surface area contributed by atoms with Crippen molar-refractivity contribution >= 4 is 5.95 Å². The number of hydrogen-bond donors (Lipinski definition) is 2. The second kappa shape index (κ2) is 4.18. The van der Waals surface area contributed by atoms with Crippen molar-refractivity contribution in [1.82, 2.24) is 15.0 Å². The van der Waals surface area contributed by atoms with Gasteiger partial charge in [0, 0.05) is 42.9 Å². The van der Waals surface area contributed by atoms with E-state index in [-0.39, 0.29) is 6.10 Å². The normalized spacial score (nSPS) is 19.8. The molecule has 1 atom stereocenters. The van der Waals surface area contributed by atoms with Gasteiger partial charge in [-0.3, -0.25) is 0 Å². The zero-order chi connectivity index (χ0) is 11.7. The zero-order valence-electron chi connectivity index (χ0n) is 9.37. The van der Waals surface area contributed by atoms with E-state index in [2.05, 4.69) is 15.0 Å². The van der Waals surface area contributed by atoms with Crippen LogP contribution in [-0.4, -0.2) is 39.3 Å². The second-order valence-corrected chi connectivity index (χ2v) is 4.24. The van der Waals surface area contributed by atoms with E-state index in [4.69, 9.17) is 0 Å². The first kappa shape index (κ1) is 10.3.